The van der Waals surface area contributed by atoms with Crippen LogP contribution >= 0.6 is 0 Å². The van der Waals surface area contributed by atoms with Crippen LogP contribution in [0.25, 0.3) is 0 Å². The first-order valence-corrected chi connectivity index (χ1v) is 6.77. The third kappa shape index (κ3) is 3.54. The lowest BCUT2D eigenvalue weighted by Gasteiger charge is -2.33. The molecule has 2 N–H and O–H groups in total. The van der Waals surface area contributed by atoms with Crippen molar-refractivity contribution >= 4 is 0 Å². The van der Waals surface area contributed by atoms with Crippen LogP contribution in [-0.4, -0.2) is 30.5 Å². The molecule has 0 aromatic heterocycles. The van der Waals surface area contributed by atoms with Gasteiger partial charge < -0.3 is 15.2 Å². The minimum Gasteiger partial charge on any atom is -0.388 e. The maximum atomic E-state index is 13.9. The fraction of sp³-hybridized carbons (Fsp3) is 0.533. The van der Waals surface area contributed by atoms with E-state index in [0.717, 1.165) is 0 Å². The van der Waals surface area contributed by atoms with Crippen LogP contribution in [-0.2, 0) is 4.74 Å². The molecule has 1 atom stereocenters. The normalized spacial score (nSPS) is 19.3. The van der Waals surface area contributed by atoms with Crippen molar-refractivity contribution in [1.82, 2.24) is 5.32 Å². The summed E-state index contributed by atoms with van der Waals surface area (Å²) in [6, 6.07) is 6.12. The second kappa shape index (κ2) is 6.31. The van der Waals surface area contributed by atoms with Crippen molar-refractivity contribution < 1.29 is 14.2 Å². The van der Waals surface area contributed by atoms with Crippen LogP contribution in [0, 0.1) is 17.1 Å². The number of hydrogen-bond donors (Lipinski definition) is 2. The third-order valence-electron chi connectivity index (χ3n) is 3.76. The molecule has 2 rings (SSSR count). The molecule has 1 aromatic carbocycles. The van der Waals surface area contributed by atoms with E-state index in [9.17, 15) is 9.50 Å². The molecule has 0 bridgehead atoms. The number of hydrogen-bond acceptors (Lipinski definition) is 4. The Hall–Kier alpha value is -1.48. The van der Waals surface area contributed by atoms with Crippen LogP contribution in [0.3, 0.4) is 0 Å². The predicted molar refractivity (Wildman–Crippen MR) is 72.5 cm³/mol. The number of nitrogens with zero attached hydrogens (tertiary/aromatic N) is 1. The predicted octanol–water partition coefficient (Wildman–Crippen LogP) is 1.89. The molecule has 0 saturated carbocycles. The highest BCUT2D eigenvalue weighted by Crippen LogP contribution is 2.22. The first-order valence-electron chi connectivity index (χ1n) is 6.77. The summed E-state index contributed by atoms with van der Waals surface area (Å²) in [5.74, 6) is -0.400. The zero-order valence-corrected chi connectivity index (χ0v) is 11.5. The quantitative estimate of drug-likeness (QED) is 0.882. The van der Waals surface area contributed by atoms with Gasteiger partial charge in [-0.3, -0.25) is 0 Å². The van der Waals surface area contributed by atoms with E-state index in [-0.39, 0.29) is 6.04 Å². The number of halogens is 1. The third-order valence-corrected chi connectivity index (χ3v) is 3.76. The molecule has 1 saturated heterocycles. The lowest BCUT2D eigenvalue weighted by atomic mass is 9.93. The van der Waals surface area contributed by atoms with Gasteiger partial charge in [-0.1, -0.05) is 6.07 Å². The van der Waals surface area contributed by atoms with Crippen molar-refractivity contribution in [2.45, 2.75) is 31.4 Å². The molecule has 0 amide bonds. The minimum atomic E-state index is -0.782. The molecule has 1 fully saturated rings. The Bertz CT molecular complexity index is 507. The molecular weight excluding hydrogens is 259 g/mol. The molecule has 1 unspecified atom stereocenters. The number of nitriles is 1. The smallest absolute Gasteiger partial charge is 0.129 e. The molecule has 1 aromatic rings. The fourth-order valence-electron chi connectivity index (χ4n) is 2.33. The van der Waals surface area contributed by atoms with Gasteiger partial charge in [-0.2, -0.15) is 5.26 Å². The van der Waals surface area contributed by atoms with Crippen LogP contribution < -0.4 is 5.32 Å². The van der Waals surface area contributed by atoms with E-state index in [2.05, 4.69) is 5.32 Å². The summed E-state index contributed by atoms with van der Waals surface area (Å²) in [5.41, 5.74) is 0.0245. The zero-order chi connectivity index (χ0) is 14.6. The van der Waals surface area contributed by atoms with Gasteiger partial charge in [0.1, 0.15) is 5.82 Å². The van der Waals surface area contributed by atoms with Gasteiger partial charge in [-0.15, -0.1) is 0 Å². The highest BCUT2D eigenvalue weighted by Gasteiger charge is 2.30. The fourth-order valence-corrected chi connectivity index (χ4v) is 2.33. The highest BCUT2D eigenvalue weighted by atomic mass is 19.1. The van der Waals surface area contributed by atoms with E-state index in [4.69, 9.17) is 10.00 Å². The van der Waals surface area contributed by atoms with Crippen molar-refractivity contribution in [1.29, 1.82) is 5.26 Å². The standard InChI is InChI=1S/C15H19FN2O2/c1-11(13-3-2-12(9-17)8-14(13)16)18-10-15(19)4-6-20-7-5-15/h2-3,8,11,18-19H,4-7,10H2,1H3. The summed E-state index contributed by atoms with van der Waals surface area (Å²) in [6.07, 6.45) is 1.17. The van der Waals surface area contributed by atoms with Crippen molar-refractivity contribution in [2.24, 2.45) is 0 Å². The first-order chi connectivity index (χ1) is 9.54. The van der Waals surface area contributed by atoms with Gasteiger partial charge in [0.25, 0.3) is 0 Å². The molecule has 1 aliphatic rings. The Morgan fingerprint density at radius 2 is 2.20 bits per heavy atom. The Kier molecular flexibility index (Phi) is 4.71. The molecule has 5 heteroatoms. The summed E-state index contributed by atoms with van der Waals surface area (Å²) in [5, 5.41) is 22.2. The molecule has 108 valence electrons. The van der Waals surface area contributed by atoms with E-state index in [1.807, 2.05) is 13.0 Å². The SMILES string of the molecule is CC(NCC1(O)CCOCC1)c1ccc(C#N)cc1F. The molecule has 1 heterocycles. The number of ether oxygens (including phenoxy) is 1. The topological polar surface area (TPSA) is 65.3 Å². The lowest BCUT2D eigenvalue weighted by Crippen LogP contribution is -2.45. The Labute approximate surface area is 118 Å². The van der Waals surface area contributed by atoms with Crippen LogP contribution in [0.5, 0.6) is 0 Å². The van der Waals surface area contributed by atoms with Crippen molar-refractivity contribution in [3.63, 3.8) is 0 Å². The Morgan fingerprint density at radius 3 is 2.80 bits per heavy atom. The van der Waals surface area contributed by atoms with Gasteiger partial charge in [-0.05, 0) is 19.1 Å². The average Bonchev–Trinajstić information content (AvgIpc) is 2.45. The largest absolute Gasteiger partial charge is 0.388 e. The number of benzene rings is 1. The molecule has 20 heavy (non-hydrogen) atoms. The van der Waals surface area contributed by atoms with E-state index in [1.54, 1.807) is 12.1 Å². The summed E-state index contributed by atoms with van der Waals surface area (Å²) < 4.78 is 19.1. The monoisotopic (exact) mass is 278 g/mol. The summed E-state index contributed by atoms with van der Waals surface area (Å²) >= 11 is 0. The molecule has 0 radical (unpaired) electrons. The van der Waals surface area contributed by atoms with Crippen LogP contribution in [0.4, 0.5) is 4.39 Å². The summed E-state index contributed by atoms with van der Waals surface area (Å²) in [4.78, 5) is 0. The summed E-state index contributed by atoms with van der Waals surface area (Å²) in [7, 11) is 0. The van der Waals surface area contributed by atoms with Crippen LogP contribution in [0.1, 0.15) is 36.9 Å². The van der Waals surface area contributed by atoms with Gasteiger partial charge in [0, 0.05) is 44.2 Å². The first kappa shape index (κ1) is 14.9. The van der Waals surface area contributed by atoms with Gasteiger partial charge in [0.15, 0.2) is 0 Å². The van der Waals surface area contributed by atoms with Gasteiger partial charge in [0.2, 0.25) is 0 Å². The highest BCUT2D eigenvalue weighted by molar-refractivity contribution is 5.34. The van der Waals surface area contributed by atoms with E-state index in [1.165, 1.54) is 6.07 Å². The second-order valence-corrected chi connectivity index (χ2v) is 5.29. The Morgan fingerprint density at radius 1 is 1.50 bits per heavy atom. The number of rotatable bonds is 4. The van der Waals surface area contributed by atoms with Gasteiger partial charge in [-0.25, -0.2) is 4.39 Å². The van der Waals surface area contributed by atoms with Crippen molar-refractivity contribution in [2.75, 3.05) is 19.8 Å². The Balaban J connectivity index is 1.98. The average molecular weight is 278 g/mol. The molecule has 4 nitrogen and oxygen atoms in total. The van der Waals surface area contributed by atoms with Crippen molar-refractivity contribution in [3.8, 4) is 6.07 Å². The van der Waals surface area contributed by atoms with E-state index >= 15 is 0 Å². The molecule has 0 spiro atoms. The maximum Gasteiger partial charge on any atom is 0.129 e. The molecule has 0 aliphatic carbocycles. The molecule has 1 aliphatic heterocycles. The molecular formula is C15H19FN2O2. The lowest BCUT2D eigenvalue weighted by molar-refractivity contribution is -0.0626. The van der Waals surface area contributed by atoms with E-state index < -0.39 is 11.4 Å². The van der Waals surface area contributed by atoms with Gasteiger partial charge >= 0.3 is 0 Å². The maximum absolute atomic E-state index is 13.9. The number of nitrogens with one attached hydrogen (secondary N) is 1. The second-order valence-electron chi connectivity index (χ2n) is 5.29. The minimum absolute atomic E-state index is 0.227. The van der Waals surface area contributed by atoms with Crippen LogP contribution in [0.15, 0.2) is 18.2 Å². The number of aliphatic hydroxyl groups is 1. The zero-order valence-electron chi connectivity index (χ0n) is 11.5. The van der Waals surface area contributed by atoms with Crippen LogP contribution in [0.2, 0.25) is 0 Å². The van der Waals surface area contributed by atoms with Crippen molar-refractivity contribution in [3.05, 3.63) is 35.1 Å². The summed E-state index contributed by atoms with van der Waals surface area (Å²) in [6.45, 7) is 3.35. The van der Waals surface area contributed by atoms with E-state index in [0.29, 0.717) is 43.7 Å². The van der Waals surface area contributed by atoms with Gasteiger partial charge in [0.05, 0.1) is 17.2 Å².